The van der Waals surface area contributed by atoms with E-state index in [0.717, 1.165) is 11.3 Å². The van der Waals surface area contributed by atoms with E-state index in [9.17, 15) is 9.59 Å². The molecule has 2 aliphatic heterocycles. The van der Waals surface area contributed by atoms with Gasteiger partial charge < -0.3 is 20.1 Å². The monoisotopic (exact) mass is 507 g/mol. The number of hydrogen-bond donors (Lipinski definition) is 3. The van der Waals surface area contributed by atoms with Gasteiger partial charge in [0.15, 0.2) is 18.2 Å². The van der Waals surface area contributed by atoms with Gasteiger partial charge in [0.05, 0.1) is 30.1 Å². The highest BCUT2D eigenvalue weighted by molar-refractivity contribution is 5.95. The number of aromatic nitrogens is 3. The maximum Gasteiger partial charge on any atom is 0.320 e. The highest BCUT2D eigenvalue weighted by Gasteiger charge is 2.32. The van der Waals surface area contributed by atoms with Crippen molar-refractivity contribution < 1.29 is 23.9 Å². The largest absolute Gasteiger partial charge is 0.480 e. The van der Waals surface area contributed by atoms with Crippen LogP contribution in [0.5, 0.6) is 5.75 Å². The predicted octanol–water partition coefficient (Wildman–Crippen LogP) is 2.35. The number of carbonyl (C=O) groups excluding carboxylic acids is 2. The van der Waals surface area contributed by atoms with Gasteiger partial charge in [0.2, 0.25) is 0 Å². The van der Waals surface area contributed by atoms with Gasteiger partial charge in [-0.15, -0.1) is 0 Å². The number of anilines is 2. The number of pyridine rings is 1. The Kier molecular flexibility index (Phi) is 7.04. The zero-order valence-electron chi connectivity index (χ0n) is 20.9. The molecular formula is C25H29N7O5. The Morgan fingerprint density at radius 2 is 2.11 bits per heavy atom. The maximum absolute atomic E-state index is 13.1. The Bertz CT molecular complexity index is 1300. The first-order valence-corrected chi connectivity index (χ1v) is 12.0. The van der Waals surface area contributed by atoms with Crippen LogP contribution in [0, 0.1) is 6.92 Å². The first-order chi connectivity index (χ1) is 17.9. The summed E-state index contributed by atoms with van der Waals surface area (Å²) in [5.41, 5.74) is 2.85. The van der Waals surface area contributed by atoms with Gasteiger partial charge in [-0.3, -0.25) is 14.9 Å². The van der Waals surface area contributed by atoms with Crippen molar-refractivity contribution in [2.45, 2.75) is 26.0 Å². The van der Waals surface area contributed by atoms with Crippen molar-refractivity contribution in [2.24, 2.45) is 0 Å². The van der Waals surface area contributed by atoms with Crippen molar-refractivity contribution in [1.29, 1.82) is 0 Å². The number of nitrogens with zero attached hydrogens (tertiary/aromatic N) is 4. The molecule has 2 aliphatic rings. The summed E-state index contributed by atoms with van der Waals surface area (Å²) >= 11 is 0. The van der Waals surface area contributed by atoms with Crippen LogP contribution in [-0.2, 0) is 14.4 Å². The molecule has 0 unspecified atom stereocenters. The summed E-state index contributed by atoms with van der Waals surface area (Å²) in [6.07, 6.45) is 1.44. The standard InChI is InChI=1S/C25H29N7O5/c1-15-22(17-11-20-23(26-12-17)28-21(33)14-36-20)30-32(18-7-5-4-6-8-18)24(15)29-25(34)27-19-13-31(9-10-35-3)37-16(19)2/h4-8,11-12,16,19H,9-10,13-14H2,1-3H3,(H,26,28,33)(H2,27,29,34)/t16-,19+/m0/s1. The molecule has 3 aromatic rings. The number of methoxy groups -OCH3 is 1. The lowest BCUT2D eigenvalue weighted by atomic mass is 10.1. The fourth-order valence-electron chi connectivity index (χ4n) is 4.29. The van der Waals surface area contributed by atoms with E-state index in [-0.39, 0.29) is 30.7 Å². The van der Waals surface area contributed by atoms with Crippen molar-refractivity contribution in [2.75, 3.05) is 44.0 Å². The summed E-state index contributed by atoms with van der Waals surface area (Å²) in [7, 11) is 1.64. The number of nitrogens with one attached hydrogen (secondary N) is 3. The maximum atomic E-state index is 13.1. The molecule has 0 bridgehead atoms. The van der Waals surface area contributed by atoms with Gasteiger partial charge in [0, 0.05) is 37.5 Å². The topological polar surface area (TPSA) is 132 Å². The molecule has 2 atom stereocenters. The van der Waals surface area contributed by atoms with E-state index < -0.39 is 0 Å². The lowest BCUT2D eigenvalue weighted by Gasteiger charge is -2.17. The van der Waals surface area contributed by atoms with Gasteiger partial charge in [0.25, 0.3) is 5.91 Å². The van der Waals surface area contributed by atoms with Gasteiger partial charge in [-0.25, -0.2) is 14.5 Å². The van der Waals surface area contributed by atoms with Crippen molar-refractivity contribution in [3.05, 3.63) is 48.2 Å². The Labute approximate surface area is 213 Å². The summed E-state index contributed by atoms with van der Waals surface area (Å²) in [4.78, 5) is 34.8. The Morgan fingerprint density at radius 1 is 1.30 bits per heavy atom. The van der Waals surface area contributed by atoms with Crippen LogP contribution >= 0.6 is 0 Å². The number of carbonyl (C=O) groups is 2. The molecule has 1 fully saturated rings. The van der Waals surface area contributed by atoms with E-state index in [2.05, 4.69) is 20.9 Å². The van der Waals surface area contributed by atoms with Crippen LogP contribution in [0.1, 0.15) is 12.5 Å². The van der Waals surface area contributed by atoms with Gasteiger partial charge in [-0.2, -0.15) is 10.2 Å². The fourth-order valence-corrected chi connectivity index (χ4v) is 4.29. The molecule has 37 heavy (non-hydrogen) atoms. The van der Waals surface area contributed by atoms with Crippen molar-refractivity contribution in [1.82, 2.24) is 25.1 Å². The van der Waals surface area contributed by atoms with E-state index in [4.69, 9.17) is 19.4 Å². The molecule has 4 heterocycles. The van der Waals surface area contributed by atoms with E-state index in [0.29, 0.717) is 48.3 Å². The summed E-state index contributed by atoms with van der Waals surface area (Å²) in [5.74, 6) is 1.10. The fraction of sp³-hybridized carbons (Fsp3) is 0.360. The van der Waals surface area contributed by atoms with Crippen molar-refractivity contribution in [3.8, 4) is 22.7 Å². The SMILES string of the molecule is COCCN1C[C@@H](NC(=O)Nc2c(C)c(-c3cnc4c(c3)OCC(=O)N4)nn2-c2ccccc2)[C@H](C)O1. The summed E-state index contributed by atoms with van der Waals surface area (Å²) in [5, 5.41) is 15.3. The van der Waals surface area contributed by atoms with Crippen molar-refractivity contribution >= 4 is 23.6 Å². The molecule has 2 aromatic heterocycles. The molecule has 5 rings (SSSR count). The molecule has 1 aromatic carbocycles. The molecule has 12 heteroatoms. The highest BCUT2D eigenvalue weighted by atomic mass is 16.7. The number of urea groups is 1. The number of hydroxylamine groups is 2. The number of hydrogen-bond acceptors (Lipinski definition) is 8. The van der Waals surface area contributed by atoms with E-state index in [1.54, 1.807) is 29.1 Å². The van der Waals surface area contributed by atoms with Gasteiger partial charge in [0.1, 0.15) is 5.82 Å². The zero-order valence-corrected chi connectivity index (χ0v) is 20.9. The molecule has 3 amide bonds. The second-order valence-electron chi connectivity index (χ2n) is 8.87. The van der Waals surface area contributed by atoms with Crippen LogP contribution in [0.15, 0.2) is 42.6 Å². The molecule has 0 aliphatic carbocycles. The van der Waals surface area contributed by atoms with E-state index in [1.807, 2.05) is 44.2 Å². The molecule has 0 spiro atoms. The average molecular weight is 508 g/mol. The average Bonchev–Trinajstić information content (AvgIpc) is 3.41. The first-order valence-electron chi connectivity index (χ1n) is 12.0. The molecule has 12 nitrogen and oxygen atoms in total. The van der Waals surface area contributed by atoms with Crippen LogP contribution in [0.25, 0.3) is 16.9 Å². The number of rotatable bonds is 7. The number of amides is 3. The third kappa shape index (κ3) is 5.26. The van der Waals surface area contributed by atoms with Crippen LogP contribution in [0.4, 0.5) is 16.4 Å². The number of fused-ring (bicyclic) bond motifs is 1. The molecular weight excluding hydrogens is 478 g/mol. The summed E-state index contributed by atoms with van der Waals surface area (Å²) < 4.78 is 12.3. The Morgan fingerprint density at radius 3 is 2.89 bits per heavy atom. The molecule has 194 valence electrons. The molecule has 0 radical (unpaired) electrons. The molecule has 3 N–H and O–H groups in total. The third-order valence-electron chi connectivity index (χ3n) is 6.24. The number of benzene rings is 1. The molecule has 0 saturated carbocycles. The van der Waals surface area contributed by atoms with Crippen LogP contribution < -0.4 is 20.7 Å². The molecule has 1 saturated heterocycles. The lowest BCUT2D eigenvalue weighted by molar-refractivity contribution is -0.146. The second kappa shape index (κ2) is 10.5. The van der Waals surface area contributed by atoms with E-state index in [1.165, 1.54) is 0 Å². The Balaban J connectivity index is 1.41. The summed E-state index contributed by atoms with van der Waals surface area (Å²) in [6.45, 7) is 5.44. The number of para-hydroxylation sites is 1. The van der Waals surface area contributed by atoms with Gasteiger partial charge in [-0.05, 0) is 32.0 Å². The quantitative estimate of drug-likeness (QED) is 0.444. The summed E-state index contributed by atoms with van der Waals surface area (Å²) in [6, 6.07) is 10.8. The highest BCUT2D eigenvalue weighted by Crippen LogP contribution is 2.34. The lowest BCUT2D eigenvalue weighted by Crippen LogP contribution is -2.44. The first kappa shape index (κ1) is 24.7. The van der Waals surface area contributed by atoms with Crippen molar-refractivity contribution in [3.63, 3.8) is 0 Å². The smallest absolute Gasteiger partial charge is 0.320 e. The second-order valence-corrected chi connectivity index (χ2v) is 8.87. The van der Waals surface area contributed by atoms with Crippen LogP contribution in [0.2, 0.25) is 0 Å². The van der Waals surface area contributed by atoms with Gasteiger partial charge in [-0.1, -0.05) is 18.2 Å². The normalized spacial score (nSPS) is 19.2. The minimum atomic E-state index is -0.365. The van der Waals surface area contributed by atoms with Gasteiger partial charge >= 0.3 is 6.03 Å². The zero-order chi connectivity index (χ0) is 25.9. The minimum Gasteiger partial charge on any atom is -0.480 e. The number of ether oxygens (including phenoxy) is 2. The van der Waals surface area contributed by atoms with E-state index >= 15 is 0 Å². The van der Waals surface area contributed by atoms with Crippen LogP contribution in [0.3, 0.4) is 0 Å². The minimum absolute atomic E-state index is 0.0747. The predicted molar refractivity (Wildman–Crippen MR) is 136 cm³/mol. The third-order valence-corrected chi connectivity index (χ3v) is 6.24. The van der Waals surface area contributed by atoms with Crippen LogP contribution in [-0.4, -0.2) is 77.3 Å². The Hall–Kier alpha value is -4.00.